The molecule has 0 bridgehead atoms. The van der Waals surface area contributed by atoms with Crippen LogP contribution in [0.4, 0.5) is 0 Å². The quantitative estimate of drug-likeness (QED) is 0.830. The summed E-state index contributed by atoms with van der Waals surface area (Å²) in [6.45, 7) is 5.16. The molecule has 0 unspecified atom stereocenters. The largest absolute Gasteiger partial charge is 0.345 e. The lowest BCUT2D eigenvalue weighted by Gasteiger charge is -2.29. The Kier molecular flexibility index (Phi) is 5.28. The van der Waals surface area contributed by atoms with Gasteiger partial charge in [0.05, 0.1) is 0 Å². The third kappa shape index (κ3) is 4.11. The fourth-order valence-corrected chi connectivity index (χ4v) is 1.93. The van der Waals surface area contributed by atoms with E-state index in [0.717, 1.165) is 13.0 Å². The predicted molar refractivity (Wildman–Crippen MR) is 73.0 cm³/mol. The molecule has 0 radical (unpaired) electrons. The van der Waals surface area contributed by atoms with Gasteiger partial charge in [-0.05, 0) is 37.1 Å². The summed E-state index contributed by atoms with van der Waals surface area (Å²) in [5, 5.41) is 0. The summed E-state index contributed by atoms with van der Waals surface area (Å²) in [5.41, 5.74) is 6.36. The van der Waals surface area contributed by atoms with Gasteiger partial charge in [-0.25, -0.2) is 0 Å². The number of nitrogens with two attached hydrogens (primary N) is 1. The van der Waals surface area contributed by atoms with E-state index in [2.05, 4.69) is 4.98 Å². The number of rotatable bonds is 6. The molecule has 1 rings (SSSR count). The molecule has 1 aromatic heterocycles. The summed E-state index contributed by atoms with van der Waals surface area (Å²) in [6, 6.07) is 3.95. The van der Waals surface area contributed by atoms with Crippen molar-refractivity contribution in [2.45, 2.75) is 26.7 Å². The minimum Gasteiger partial charge on any atom is -0.345 e. The molecule has 0 aromatic carbocycles. The van der Waals surface area contributed by atoms with Gasteiger partial charge in [0.15, 0.2) is 0 Å². The maximum absolute atomic E-state index is 12.2. The Bertz CT molecular complexity index is 376. The highest BCUT2D eigenvalue weighted by Gasteiger charge is 2.29. The summed E-state index contributed by atoms with van der Waals surface area (Å²) >= 11 is 0. The Hall–Kier alpha value is -1.42. The van der Waals surface area contributed by atoms with Gasteiger partial charge < -0.3 is 10.6 Å². The third-order valence-electron chi connectivity index (χ3n) is 3.18. The van der Waals surface area contributed by atoms with E-state index in [0.29, 0.717) is 13.0 Å². The summed E-state index contributed by atoms with van der Waals surface area (Å²) < 4.78 is 0. The molecule has 0 aliphatic rings. The number of nitrogens with zero attached hydrogens (tertiary/aromatic N) is 2. The lowest BCUT2D eigenvalue weighted by Crippen LogP contribution is -2.40. The first-order valence-corrected chi connectivity index (χ1v) is 6.32. The monoisotopic (exact) mass is 249 g/mol. The van der Waals surface area contributed by atoms with Crippen LogP contribution in [0.1, 0.15) is 25.8 Å². The molecule has 1 amide bonds. The third-order valence-corrected chi connectivity index (χ3v) is 3.18. The zero-order valence-electron chi connectivity index (χ0n) is 11.5. The molecule has 100 valence electrons. The van der Waals surface area contributed by atoms with Crippen LogP contribution in [0.2, 0.25) is 0 Å². The van der Waals surface area contributed by atoms with Crippen LogP contribution in [0.5, 0.6) is 0 Å². The van der Waals surface area contributed by atoms with Gasteiger partial charge in [-0.3, -0.25) is 9.78 Å². The number of carbonyl (C=O) groups excluding carboxylic acids is 1. The maximum atomic E-state index is 12.2. The van der Waals surface area contributed by atoms with Crippen LogP contribution < -0.4 is 5.73 Å². The van der Waals surface area contributed by atoms with Crippen molar-refractivity contribution < 1.29 is 4.79 Å². The van der Waals surface area contributed by atoms with E-state index in [1.807, 2.05) is 33.0 Å². The number of aromatic nitrogens is 1. The first-order chi connectivity index (χ1) is 8.47. The first kappa shape index (κ1) is 14.6. The van der Waals surface area contributed by atoms with Gasteiger partial charge in [-0.15, -0.1) is 0 Å². The van der Waals surface area contributed by atoms with E-state index in [-0.39, 0.29) is 11.3 Å². The van der Waals surface area contributed by atoms with Crippen molar-refractivity contribution >= 4 is 5.91 Å². The molecular weight excluding hydrogens is 226 g/mol. The van der Waals surface area contributed by atoms with Crippen molar-refractivity contribution in [3.63, 3.8) is 0 Å². The van der Waals surface area contributed by atoms with Gasteiger partial charge in [0.25, 0.3) is 0 Å². The SMILES string of the molecule is CN(CCc1ccncc1)C(=O)C(C)(C)CCN. The average molecular weight is 249 g/mol. The van der Waals surface area contributed by atoms with Crippen molar-refractivity contribution in [2.24, 2.45) is 11.1 Å². The second-order valence-corrected chi connectivity index (χ2v) is 5.25. The second-order valence-electron chi connectivity index (χ2n) is 5.25. The highest BCUT2D eigenvalue weighted by Crippen LogP contribution is 2.22. The number of pyridine rings is 1. The van der Waals surface area contributed by atoms with E-state index in [1.54, 1.807) is 17.3 Å². The second kappa shape index (κ2) is 6.50. The van der Waals surface area contributed by atoms with Crippen LogP contribution >= 0.6 is 0 Å². The zero-order chi connectivity index (χ0) is 13.6. The summed E-state index contributed by atoms with van der Waals surface area (Å²) in [5.74, 6) is 0.155. The van der Waals surface area contributed by atoms with Crippen LogP contribution in [0.15, 0.2) is 24.5 Å². The molecule has 0 aliphatic carbocycles. The Morgan fingerprint density at radius 2 is 2.00 bits per heavy atom. The molecule has 18 heavy (non-hydrogen) atoms. The molecule has 4 nitrogen and oxygen atoms in total. The van der Waals surface area contributed by atoms with Gasteiger partial charge in [0.1, 0.15) is 0 Å². The van der Waals surface area contributed by atoms with E-state index >= 15 is 0 Å². The molecule has 0 fully saturated rings. The molecular formula is C14H23N3O. The smallest absolute Gasteiger partial charge is 0.228 e. The molecule has 4 heteroatoms. The highest BCUT2D eigenvalue weighted by molar-refractivity contribution is 5.81. The highest BCUT2D eigenvalue weighted by atomic mass is 16.2. The van der Waals surface area contributed by atoms with Crippen molar-refractivity contribution in [1.82, 2.24) is 9.88 Å². The lowest BCUT2D eigenvalue weighted by molar-refractivity contribution is -0.139. The van der Waals surface area contributed by atoms with Gasteiger partial charge in [-0.2, -0.15) is 0 Å². The average Bonchev–Trinajstić information content (AvgIpc) is 2.36. The lowest BCUT2D eigenvalue weighted by atomic mass is 9.87. The fraction of sp³-hybridized carbons (Fsp3) is 0.571. The number of likely N-dealkylation sites (N-methyl/N-ethyl adjacent to an activating group) is 1. The number of hydrogen-bond donors (Lipinski definition) is 1. The molecule has 2 N–H and O–H groups in total. The van der Waals surface area contributed by atoms with E-state index in [1.165, 1.54) is 5.56 Å². The molecule has 0 spiro atoms. The zero-order valence-corrected chi connectivity index (χ0v) is 11.5. The van der Waals surface area contributed by atoms with Crippen molar-refractivity contribution in [3.05, 3.63) is 30.1 Å². The van der Waals surface area contributed by atoms with Crippen LogP contribution in [0.25, 0.3) is 0 Å². The van der Waals surface area contributed by atoms with Crippen LogP contribution in [-0.4, -0.2) is 35.9 Å². The van der Waals surface area contributed by atoms with Crippen molar-refractivity contribution in [1.29, 1.82) is 0 Å². The van der Waals surface area contributed by atoms with E-state index in [4.69, 9.17) is 5.73 Å². The Morgan fingerprint density at radius 1 is 1.39 bits per heavy atom. The van der Waals surface area contributed by atoms with Crippen molar-refractivity contribution in [2.75, 3.05) is 20.1 Å². The molecule has 0 aliphatic heterocycles. The van der Waals surface area contributed by atoms with Crippen LogP contribution in [-0.2, 0) is 11.2 Å². The fourth-order valence-electron chi connectivity index (χ4n) is 1.93. The Morgan fingerprint density at radius 3 is 2.56 bits per heavy atom. The minimum atomic E-state index is -0.373. The Labute approximate surface area is 109 Å². The molecule has 1 heterocycles. The molecule has 0 atom stereocenters. The molecule has 0 saturated heterocycles. The Balaban J connectivity index is 2.50. The predicted octanol–water partition coefficient (Wildman–Crippen LogP) is 1.46. The first-order valence-electron chi connectivity index (χ1n) is 6.32. The number of hydrogen-bond acceptors (Lipinski definition) is 3. The van der Waals surface area contributed by atoms with Crippen LogP contribution in [0.3, 0.4) is 0 Å². The van der Waals surface area contributed by atoms with Crippen molar-refractivity contribution in [3.8, 4) is 0 Å². The van der Waals surface area contributed by atoms with E-state index < -0.39 is 0 Å². The van der Waals surface area contributed by atoms with Gasteiger partial charge in [-0.1, -0.05) is 13.8 Å². The van der Waals surface area contributed by atoms with Gasteiger partial charge in [0.2, 0.25) is 5.91 Å². The van der Waals surface area contributed by atoms with Crippen LogP contribution in [0, 0.1) is 5.41 Å². The normalized spacial score (nSPS) is 11.3. The summed E-state index contributed by atoms with van der Waals surface area (Å²) in [7, 11) is 1.85. The summed E-state index contributed by atoms with van der Waals surface area (Å²) in [4.78, 5) is 18.0. The standard InChI is InChI=1S/C14H23N3O/c1-14(2,7-8-15)13(18)17(3)11-6-12-4-9-16-10-5-12/h4-5,9-10H,6-8,11,15H2,1-3H3. The number of carbonyl (C=O) groups is 1. The summed E-state index contributed by atoms with van der Waals surface area (Å²) in [6.07, 6.45) is 5.11. The van der Waals surface area contributed by atoms with E-state index in [9.17, 15) is 4.79 Å². The molecule has 0 saturated carbocycles. The van der Waals surface area contributed by atoms with Gasteiger partial charge in [0, 0.05) is 31.4 Å². The topological polar surface area (TPSA) is 59.2 Å². The maximum Gasteiger partial charge on any atom is 0.228 e. The van der Waals surface area contributed by atoms with Gasteiger partial charge >= 0.3 is 0 Å². The minimum absolute atomic E-state index is 0.155. The molecule has 1 aromatic rings. The number of amides is 1.